The molecule has 0 fully saturated rings. The van der Waals surface area contributed by atoms with Crippen molar-refractivity contribution >= 4 is 29.1 Å². The van der Waals surface area contributed by atoms with Crippen LogP contribution in [0.25, 0.3) is 0 Å². The van der Waals surface area contributed by atoms with Crippen molar-refractivity contribution in [3.63, 3.8) is 0 Å². The van der Waals surface area contributed by atoms with E-state index in [1.807, 2.05) is 0 Å². The number of benzene rings is 2. The van der Waals surface area contributed by atoms with Gasteiger partial charge in [0.2, 0.25) is 5.91 Å². The molecule has 0 saturated heterocycles. The van der Waals surface area contributed by atoms with Crippen molar-refractivity contribution in [2.75, 3.05) is 10.3 Å². The Labute approximate surface area is 131 Å². The summed E-state index contributed by atoms with van der Waals surface area (Å²) >= 11 is 0. The molecule has 2 aliphatic heterocycles. The number of amides is 3. The van der Waals surface area contributed by atoms with Gasteiger partial charge in [0.1, 0.15) is 0 Å². The summed E-state index contributed by atoms with van der Waals surface area (Å²) in [5.41, 5.74) is 1.78. The molecule has 6 heteroatoms. The van der Waals surface area contributed by atoms with E-state index in [4.69, 9.17) is 0 Å². The molecule has 0 aromatic heterocycles. The fourth-order valence-corrected chi connectivity index (χ4v) is 2.72. The molecule has 6 nitrogen and oxygen atoms in total. The van der Waals surface area contributed by atoms with Crippen molar-refractivity contribution in [2.45, 2.75) is 0 Å². The van der Waals surface area contributed by atoms with Gasteiger partial charge in [0.05, 0.1) is 22.5 Å². The lowest BCUT2D eigenvalue weighted by atomic mass is 10.1. The monoisotopic (exact) mass is 305 g/mol. The van der Waals surface area contributed by atoms with Gasteiger partial charge in [-0.3, -0.25) is 14.4 Å². The maximum absolute atomic E-state index is 12.6. The summed E-state index contributed by atoms with van der Waals surface area (Å²) in [6.45, 7) is 0. The largest absolute Gasteiger partial charge is 0.321 e. The molecule has 0 unspecified atom stereocenters. The second-order valence-corrected chi connectivity index (χ2v) is 5.13. The molecule has 23 heavy (non-hydrogen) atoms. The Morgan fingerprint density at radius 2 is 1.39 bits per heavy atom. The highest BCUT2D eigenvalue weighted by molar-refractivity contribution is 6.22. The van der Waals surface area contributed by atoms with Crippen LogP contribution in [0, 0.1) is 0 Å². The van der Waals surface area contributed by atoms with Crippen molar-refractivity contribution in [3.8, 4) is 0 Å². The lowest BCUT2D eigenvalue weighted by Crippen LogP contribution is -2.43. The molecule has 2 aromatic carbocycles. The number of para-hydroxylation sites is 2. The van der Waals surface area contributed by atoms with E-state index in [-0.39, 0.29) is 5.91 Å². The minimum absolute atomic E-state index is 0.323. The molecule has 0 saturated carbocycles. The molecular formula is C17H11N3O3. The van der Waals surface area contributed by atoms with Crippen LogP contribution in [0.4, 0.5) is 11.4 Å². The fourth-order valence-electron chi connectivity index (χ4n) is 2.72. The quantitative estimate of drug-likeness (QED) is 0.820. The van der Waals surface area contributed by atoms with Gasteiger partial charge in [-0.05, 0) is 24.3 Å². The van der Waals surface area contributed by atoms with Crippen LogP contribution in [-0.4, -0.2) is 22.7 Å². The predicted octanol–water partition coefficient (Wildman–Crippen LogP) is 2.17. The lowest BCUT2D eigenvalue weighted by Gasteiger charge is -2.28. The molecular weight excluding hydrogens is 294 g/mol. The summed E-state index contributed by atoms with van der Waals surface area (Å²) in [5.74, 6) is -1.16. The number of nitrogens with one attached hydrogen (secondary N) is 1. The van der Waals surface area contributed by atoms with E-state index >= 15 is 0 Å². The van der Waals surface area contributed by atoms with E-state index in [0.717, 1.165) is 5.01 Å². The van der Waals surface area contributed by atoms with Gasteiger partial charge in [-0.15, -0.1) is 0 Å². The first-order valence-electron chi connectivity index (χ1n) is 7.02. The molecule has 4 rings (SSSR count). The average Bonchev–Trinajstić information content (AvgIpc) is 2.71. The minimum atomic E-state index is -0.417. The molecule has 112 valence electrons. The van der Waals surface area contributed by atoms with Crippen molar-refractivity contribution < 1.29 is 14.4 Å². The summed E-state index contributed by atoms with van der Waals surface area (Å²) in [5, 5.41) is 5.15. The standard InChI is InChI=1S/C17H11N3O3/c21-15-9-10-19(14-8-4-3-7-13(14)18-15)20-16(22)11-5-1-2-6-12(11)17(20)23/h1-10H,(H,18,21). The highest BCUT2D eigenvalue weighted by atomic mass is 16.2. The summed E-state index contributed by atoms with van der Waals surface area (Å²) in [7, 11) is 0. The predicted molar refractivity (Wildman–Crippen MR) is 83.6 cm³/mol. The number of imide groups is 1. The highest BCUT2D eigenvalue weighted by Crippen LogP contribution is 2.33. The summed E-state index contributed by atoms with van der Waals surface area (Å²) < 4.78 is 0. The van der Waals surface area contributed by atoms with Gasteiger partial charge >= 0.3 is 0 Å². The zero-order valence-corrected chi connectivity index (χ0v) is 11.9. The summed E-state index contributed by atoms with van der Waals surface area (Å²) in [6.07, 6.45) is 2.70. The third-order valence-corrected chi connectivity index (χ3v) is 3.76. The number of anilines is 2. The number of carbonyl (C=O) groups excluding carboxylic acids is 3. The first-order valence-corrected chi connectivity index (χ1v) is 7.02. The van der Waals surface area contributed by atoms with Gasteiger partial charge < -0.3 is 5.32 Å². The zero-order chi connectivity index (χ0) is 16.0. The van der Waals surface area contributed by atoms with Crippen LogP contribution in [0.1, 0.15) is 20.7 Å². The van der Waals surface area contributed by atoms with E-state index in [1.54, 1.807) is 48.5 Å². The Morgan fingerprint density at radius 1 is 0.783 bits per heavy atom. The van der Waals surface area contributed by atoms with Crippen LogP contribution in [-0.2, 0) is 4.79 Å². The second kappa shape index (κ2) is 4.81. The van der Waals surface area contributed by atoms with Crippen molar-refractivity contribution in [3.05, 3.63) is 71.9 Å². The molecule has 0 radical (unpaired) electrons. The molecule has 3 amide bonds. The third kappa shape index (κ3) is 1.92. The Bertz CT molecular complexity index is 853. The van der Waals surface area contributed by atoms with Gasteiger partial charge in [-0.2, -0.15) is 5.01 Å². The molecule has 0 aliphatic carbocycles. The van der Waals surface area contributed by atoms with Gasteiger partial charge in [0.15, 0.2) is 0 Å². The van der Waals surface area contributed by atoms with Gasteiger partial charge in [-0.1, -0.05) is 24.3 Å². The van der Waals surface area contributed by atoms with Crippen molar-refractivity contribution in [2.24, 2.45) is 0 Å². The normalized spacial score (nSPS) is 16.1. The smallest absolute Gasteiger partial charge is 0.281 e. The highest BCUT2D eigenvalue weighted by Gasteiger charge is 2.39. The summed E-state index contributed by atoms with van der Waals surface area (Å²) in [6, 6.07) is 13.6. The minimum Gasteiger partial charge on any atom is -0.321 e. The molecule has 1 N–H and O–H groups in total. The van der Waals surface area contributed by atoms with E-state index in [0.29, 0.717) is 22.5 Å². The fraction of sp³-hybridized carbons (Fsp3) is 0. The van der Waals surface area contributed by atoms with Crippen LogP contribution in [0.3, 0.4) is 0 Å². The first-order chi connectivity index (χ1) is 11.2. The maximum Gasteiger partial charge on any atom is 0.281 e. The van der Waals surface area contributed by atoms with E-state index < -0.39 is 11.8 Å². The molecule has 2 heterocycles. The lowest BCUT2D eigenvalue weighted by molar-refractivity contribution is -0.111. The van der Waals surface area contributed by atoms with Crippen LogP contribution >= 0.6 is 0 Å². The van der Waals surface area contributed by atoms with Crippen LogP contribution in [0.2, 0.25) is 0 Å². The van der Waals surface area contributed by atoms with E-state index in [9.17, 15) is 14.4 Å². The van der Waals surface area contributed by atoms with Gasteiger partial charge in [0, 0.05) is 12.3 Å². The van der Waals surface area contributed by atoms with Crippen LogP contribution < -0.4 is 10.3 Å². The number of carbonyl (C=O) groups is 3. The number of hydrogen-bond donors (Lipinski definition) is 1. The number of rotatable bonds is 1. The average molecular weight is 305 g/mol. The van der Waals surface area contributed by atoms with Gasteiger partial charge in [0.25, 0.3) is 11.8 Å². The Balaban J connectivity index is 1.85. The Kier molecular flexibility index (Phi) is 2.77. The van der Waals surface area contributed by atoms with Gasteiger partial charge in [-0.25, -0.2) is 5.01 Å². The first kappa shape index (κ1) is 13.3. The number of hydrogen-bond acceptors (Lipinski definition) is 4. The summed E-state index contributed by atoms with van der Waals surface area (Å²) in [4.78, 5) is 37.0. The Hall–Kier alpha value is -3.41. The van der Waals surface area contributed by atoms with Crippen LogP contribution in [0.15, 0.2) is 60.8 Å². The topological polar surface area (TPSA) is 69.7 Å². The maximum atomic E-state index is 12.6. The third-order valence-electron chi connectivity index (χ3n) is 3.76. The second-order valence-electron chi connectivity index (χ2n) is 5.13. The molecule has 2 aliphatic rings. The number of nitrogens with zero attached hydrogens (tertiary/aromatic N) is 2. The number of hydrazine groups is 1. The van der Waals surface area contributed by atoms with E-state index in [2.05, 4.69) is 5.32 Å². The van der Waals surface area contributed by atoms with Crippen LogP contribution in [0.5, 0.6) is 0 Å². The number of fused-ring (bicyclic) bond motifs is 2. The molecule has 0 bridgehead atoms. The molecule has 0 spiro atoms. The van der Waals surface area contributed by atoms with Crippen molar-refractivity contribution in [1.82, 2.24) is 5.01 Å². The Morgan fingerprint density at radius 3 is 2.09 bits per heavy atom. The zero-order valence-electron chi connectivity index (χ0n) is 11.9. The molecule has 0 atom stereocenters. The van der Waals surface area contributed by atoms with Crippen molar-refractivity contribution in [1.29, 1.82) is 0 Å². The SMILES string of the molecule is O=C1C=CN(N2C(=O)c3ccccc3C2=O)c2ccccc2N1. The van der Waals surface area contributed by atoms with E-state index in [1.165, 1.54) is 17.3 Å². The molecule has 2 aromatic rings.